The van der Waals surface area contributed by atoms with Gasteiger partial charge in [0.15, 0.2) is 0 Å². The van der Waals surface area contributed by atoms with Gasteiger partial charge in [0, 0.05) is 19.4 Å². The molecule has 1 saturated heterocycles. The molecule has 2 aromatic carbocycles. The minimum Gasteiger partial charge on any atom is -0.508 e. The monoisotopic (exact) mass is 667 g/mol. The normalized spacial score (nSPS) is 16.8. The molecule has 1 fully saturated rings. The van der Waals surface area contributed by atoms with E-state index in [4.69, 9.17) is 10.8 Å². The smallest absolute Gasteiger partial charge is 0.326 e. The van der Waals surface area contributed by atoms with Crippen LogP contribution < -0.4 is 21.7 Å². The van der Waals surface area contributed by atoms with Crippen LogP contribution in [0.4, 0.5) is 0 Å². The van der Waals surface area contributed by atoms with Gasteiger partial charge in [0.25, 0.3) is 0 Å². The Kier molecular flexibility index (Phi) is 13.9. The van der Waals surface area contributed by atoms with E-state index in [1.165, 1.54) is 17.0 Å². The van der Waals surface area contributed by atoms with Gasteiger partial charge in [0.05, 0.1) is 6.04 Å². The van der Waals surface area contributed by atoms with E-state index in [0.717, 1.165) is 11.1 Å². The van der Waals surface area contributed by atoms with Crippen molar-refractivity contribution in [1.82, 2.24) is 20.9 Å². The number of phenols is 1. The number of rotatable bonds is 17. The first-order valence-corrected chi connectivity index (χ1v) is 16.0. The van der Waals surface area contributed by atoms with Gasteiger partial charge in [0.1, 0.15) is 29.9 Å². The largest absolute Gasteiger partial charge is 0.508 e. The molecule has 1 aliphatic heterocycles. The minimum atomic E-state index is -1.48. The summed E-state index contributed by atoms with van der Waals surface area (Å²) >= 11 is 0. The van der Waals surface area contributed by atoms with E-state index in [1.807, 2.05) is 13.8 Å². The third-order valence-electron chi connectivity index (χ3n) is 8.06. The molecule has 5 unspecified atom stereocenters. The summed E-state index contributed by atoms with van der Waals surface area (Å²) in [6, 6.07) is 9.58. The van der Waals surface area contributed by atoms with Crippen LogP contribution in [0.15, 0.2) is 54.6 Å². The number of carboxylic acids is 2. The summed E-state index contributed by atoms with van der Waals surface area (Å²) in [4.78, 5) is 78.1. The summed E-state index contributed by atoms with van der Waals surface area (Å²) < 4.78 is 0. The Labute approximate surface area is 279 Å². The molecular formula is C34H45N5O9. The summed E-state index contributed by atoms with van der Waals surface area (Å²) in [5.74, 6) is -5.11. The Morgan fingerprint density at radius 3 is 2.04 bits per heavy atom. The van der Waals surface area contributed by atoms with Crippen molar-refractivity contribution in [3.63, 3.8) is 0 Å². The van der Waals surface area contributed by atoms with Gasteiger partial charge in [-0.1, -0.05) is 56.3 Å². The first-order valence-electron chi connectivity index (χ1n) is 16.0. The Balaban J connectivity index is 1.77. The Morgan fingerprint density at radius 1 is 0.833 bits per heavy atom. The molecule has 0 spiro atoms. The van der Waals surface area contributed by atoms with Crippen molar-refractivity contribution < 1.29 is 44.1 Å². The van der Waals surface area contributed by atoms with Crippen molar-refractivity contribution in [1.29, 1.82) is 0 Å². The van der Waals surface area contributed by atoms with Gasteiger partial charge >= 0.3 is 11.9 Å². The molecule has 8 N–H and O–H groups in total. The number of carboxylic acid groups (broad SMARTS) is 2. The lowest BCUT2D eigenvalue weighted by Crippen LogP contribution is -2.59. The molecule has 1 heterocycles. The quantitative estimate of drug-likeness (QED) is 0.126. The number of aliphatic carboxylic acids is 2. The molecule has 5 atom stereocenters. The number of nitrogens with zero attached hydrogens (tertiary/aromatic N) is 1. The second-order valence-corrected chi connectivity index (χ2v) is 12.4. The van der Waals surface area contributed by atoms with Gasteiger partial charge in [-0.3, -0.25) is 24.0 Å². The number of carbonyl (C=O) groups is 6. The fourth-order valence-electron chi connectivity index (χ4n) is 5.59. The van der Waals surface area contributed by atoms with Gasteiger partial charge in [0.2, 0.25) is 23.6 Å². The zero-order valence-corrected chi connectivity index (χ0v) is 27.1. The van der Waals surface area contributed by atoms with Crippen molar-refractivity contribution in [2.75, 3.05) is 6.54 Å². The van der Waals surface area contributed by atoms with E-state index in [1.54, 1.807) is 42.5 Å². The Morgan fingerprint density at radius 2 is 1.44 bits per heavy atom. The average molecular weight is 668 g/mol. The van der Waals surface area contributed by atoms with Crippen LogP contribution in [0.5, 0.6) is 5.75 Å². The van der Waals surface area contributed by atoms with Gasteiger partial charge < -0.3 is 41.9 Å². The van der Waals surface area contributed by atoms with Crippen molar-refractivity contribution in [2.45, 2.75) is 89.0 Å². The van der Waals surface area contributed by atoms with E-state index in [9.17, 15) is 39.0 Å². The standard InChI is InChI=1S/C34H45N5O9/c1-20(2)17-26(30(43)36-25(34(47)48)14-15-29(41)42)37-31(44)27(19-21-7-4-3-5-8-21)38-32(45)28-9-6-16-39(28)33(46)24(35)18-22-10-12-23(40)13-11-22/h3-5,7-8,10-13,20,24-28,40H,6,9,14-19,35H2,1-2H3,(H,36,43)(H,37,44)(H,38,45)(H,41,42)(H,47,48). The molecule has 1 aliphatic rings. The summed E-state index contributed by atoms with van der Waals surface area (Å²) in [5, 5.41) is 35.8. The van der Waals surface area contributed by atoms with Crippen LogP contribution in [-0.4, -0.2) is 92.5 Å². The molecular weight excluding hydrogens is 622 g/mol. The molecule has 0 saturated carbocycles. The number of amides is 4. The highest BCUT2D eigenvalue weighted by Gasteiger charge is 2.38. The predicted molar refractivity (Wildman–Crippen MR) is 174 cm³/mol. The molecule has 4 amide bonds. The number of nitrogens with one attached hydrogen (secondary N) is 3. The second-order valence-electron chi connectivity index (χ2n) is 12.4. The lowest BCUT2D eigenvalue weighted by atomic mass is 10.00. The maximum Gasteiger partial charge on any atom is 0.326 e. The molecule has 14 nitrogen and oxygen atoms in total. The maximum atomic E-state index is 13.8. The Hall–Kier alpha value is -4.98. The number of hydrogen-bond donors (Lipinski definition) is 7. The number of aromatic hydroxyl groups is 1. The van der Waals surface area contributed by atoms with E-state index < -0.39 is 72.2 Å². The Bertz CT molecular complexity index is 1430. The first kappa shape index (κ1) is 37.5. The average Bonchev–Trinajstić information content (AvgIpc) is 3.53. The van der Waals surface area contributed by atoms with E-state index >= 15 is 0 Å². The molecule has 0 aliphatic carbocycles. The molecule has 0 aromatic heterocycles. The second kappa shape index (κ2) is 17.8. The predicted octanol–water partition coefficient (Wildman–Crippen LogP) is 0.946. The molecule has 260 valence electrons. The molecule has 2 aromatic rings. The lowest BCUT2D eigenvalue weighted by Gasteiger charge is -2.29. The summed E-state index contributed by atoms with van der Waals surface area (Å²) in [7, 11) is 0. The molecule has 14 heteroatoms. The van der Waals surface area contributed by atoms with E-state index in [2.05, 4.69) is 16.0 Å². The van der Waals surface area contributed by atoms with Gasteiger partial charge in [-0.25, -0.2) is 4.79 Å². The fourth-order valence-corrected chi connectivity index (χ4v) is 5.59. The van der Waals surface area contributed by atoms with Crippen molar-refractivity contribution in [3.8, 4) is 5.75 Å². The number of likely N-dealkylation sites (tertiary alicyclic amines) is 1. The summed E-state index contributed by atoms with van der Waals surface area (Å²) in [5.41, 5.74) is 7.70. The summed E-state index contributed by atoms with van der Waals surface area (Å²) in [6.45, 7) is 3.93. The highest BCUT2D eigenvalue weighted by atomic mass is 16.4. The van der Waals surface area contributed by atoms with E-state index in [0.29, 0.717) is 19.4 Å². The molecule has 0 bridgehead atoms. The zero-order chi connectivity index (χ0) is 35.4. The topological polar surface area (TPSA) is 228 Å². The highest BCUT2D eigenvalue weighted by Crippen LogP contribution is 2.20. The number of benzene rings is 2. The first-order chi connectivity index (χ1) is 22.7. The minimum absolute atomic E-state index is 0.0613. The van der Waals surface area contributed by atoms with Crippen molar-refractivity contribution in [3.05, 3.63) is 65.7 Å². The van der Waals surface area contributed by atoms with Crippen LogP contribution >= 0.6 is 0 Å². The molecule has 3 rings (SSSR count). The van der Waals surface area contributed by atoms with Crippen LogP contribution in [0.25, 0.3) is 0 Å². The number of nitrogens with two attached hydrogens (primary N) is 1. The van der Waals surface area contributed by atoms with Crippen LogP contribution in [0.3, 0.4) is 0 Å². The van der Waals surface area contributed by atoms with Crippen molar-refractivity contribution in [2.24, 2.45) is 11.7 Å². The summed E-state index contributed by atoms with van der Waals surface area (Å²) in [6.07, 6.45) is 0.474. The highest BCUT2D eigenvalue weighted by molar-refractivity contribution is 5.96. The van der Waals surface area contributed by atoms with Crippen LogP contribution in [0.2, 0.25) is 0 Å². The number of hydrogen-bond acceptors (Lipinski definition) is 8. The van der Waals surface area contributed by atoms with Crippen LogP contribution in [0, 0.1) is 5.92 Å². The van der Waals surface area contributed by atoms with Gasteiger partial charge in [-0.05, 0) is 61.3 Å². The van der Waals surface area contributed by atoms with Crippen LogP contribution in [-0.2, 0) is 41.6 Å². The van der Waals surface area contributed by atoms with Gasteiger partial charge in [-0.2, -0.15) is 0 Å². The third kappa shape index (κ3) is 11.4. The third-order valence-corrected chi connectivity index (χ3v) is 8.06. The SMILES string of the molecule is CC(C)CC(NC(=O)C(Cc1ccccc1)NC(=O)C1CCCN1C(=O)C(N)Cc1ccc(O)cc1)C(=O)NC(CCC(=O)O)C(=O)O. The lowest BCUT2D eigenvalue weighted by molar-refractivity contribution is -0.143. The van der Waals surface area contributed by atoms with Gasteiger partial charge in [-0.15, -0.1) is 0 Å². The number of phenolic OH excluding ortho intramolecular Hbond substituents is 1. The molecule has 48 heavy (non-hydrogen) atoms. The number of carbonyl (C=O) groups excluding carboxylic acids is 4. The maximum absolute atomic E-state index is 13.8. The van der Waals surface area contributed by atoms with E-state index in [-0.39, 0.29) is 37.4 Å². The molecule has 0 radical (unpaired) electrons. The zero-order valence-electron chi connectivity index (χ0n) is 27.1. The fraction of sp³-hybridized carbons (Fsp3) is 0.471. The van der Waals surface area contributed by atoms with Crippen LogP contribution in [0.1, 0.15) is 57.1 Å². The van der Waals surface area contributed by atoms with Crippen molar-refractivity contribution >= 4 is 35.6 Å².